The van der Waals surface area contributed by atoms with Crippen LogP contribution in [0.2, 0.25) is 5.02 Å². The lowest BCUT2D eigenvalue weighted by Gasteiger charge is -2.07. The number of hydrogen-bond acceptors (Lipinski definition) is 1. The molecular weight excluding hydrogens is 256 g/mol. The lowest BCUT2D eigenvalue weighted by atomic mass is 9.98. The van der Waals surface area contributed by atoms with E-state index in [1.54, 1.807) is 0 Å². The summed E-state index contributed by atoms with van der Waals surface area (Å²) in [6, 6.07) is 15.3. The van der Waals surface area contributed by atoms with Crippen LogP contribution in [0.15, 0.2) is 54.6 Å². The summed E-state index contributed by atoms with van der Waals surface area (Å²) in [7, 11) is 0. The monoisotopic (exact) mass is 268 g/mol. The number of fused-ring (bicyclic) bond motifs is 1. The summed E-state index contributed by atoms with van der Waals surface area (Å²) in [4.78, 5) is 12.2. The number of carbonyl (C=O) groups excluding carboxylic acids is 1. The van der Waals surface area contributed by atoms with Gasteiger partial charge in [-0.2, -0.15) is 0 Å². The molecule has 1 aliphatic carbocycles. The number of ketones is 1. The number of allylic oxidation sites excluding steroid dienone is 2. The van der Waals surface area contributed by atoms with Crippen molar-refractivity contribution in [3.8, 4) is 0 Å². The van der Waals surface area contributed by atoms with E-state index in [0.717, 1.165) is 28.1 Å². The Labute approximate surface area is 117 Å². The van der Waals surface area contributed by atoms with Crippen LogP contribution in [0.4, 0.5) is 0 Å². The molecule has 0 spiro atoms. The van der Waals surface area contributed by atoms with Gasteiger partial charge in [-0.15, -0.1) is 0 Å². The highest BCUT2D eigenvalue weighted by molar-refractivity contribution is 6.32. The second-order valence-electron chi connectivity index (χ2n) is 4.67. The molecule has 0 heterocycles. The molecule has 0 saturated carbocycles. The number of hydrogen-bond donors (Lipinski definition) is 0. The average Bonchev–Trinajstić information content (AvgIpc) is 2.84. The Balaban J connectivity index is 1.86. The summed E-state index contributed by atoms with van der Waals surface area (Å²) in [6.07, 6.45) is 3.39. The third kappa shape index (κ3) is 2.34. The Morgan fingerprint density at radius 2 is 1.84 bits per heavy atom. The Bertz CT molecular complexity index is 656. The van der Waals surface area contributed by atoms with Gasteiger partial charge in [-0.1, -0.05) is 60.1 Å². The van der Waals surface area contributed by atoms with E-state index in [1.165, 1.54) is 5.56 Å². The molecule has 0 aromatic heterocycles. The number of carbonyl (C=O) groups is 1. The van der Waals surface area contributed by atoms with E-state index < -0.39 is 0 Å². The molecule has 1 aliphatic rings. The van der Waals surface area contributed by atoms with Crippen LogP contribution >= 0.6 is 11.6 Å². The number of benzene rings is 2. The molecule has 94 valence electrons. The van der Waals surface area contributed by atoms with Crippen LogP contribution in [-0.2, 0) is 6.42 Å². The third-order valence-corrected chi connectivity index (χ3v) is 3.75. The highest BCUT2D eigenvalue weighted by Gasteiger charge is 2.19. The van der Waals surface area contributed by atoms with Crippen LogP contribution in [-0.4, -0.2) is 5.78 Å². The number of Topliss-reactive ketones (excluding diaryl/α,β-unsaturated/α-hetero) is 1. The van der Waals surface area contributed by atoms with Crippen molar-refractivity contribution in [3.63, 3.8) is 0 Å². The summed E-state index contributed by atoms with van der Waals surface area (Å²) >= 11 is 6.24. The number of rotatable bonds is 3. The molecule has 2 aromatic rings. The van der Waals surface area contributed by atoms with E-state index in [1.807, 2.05) is 42.5 Å². The zero-order valence-electron chi connectivity index (χ0n) is 10.4. The van der Waals surface area contributed by atoms with Crippen LogP contribution in [0.1, 0.15) is 27.9 Å². The Morgan fingerprint density at radius 1 is 1.05 bits per heavy atom. The van der Waals surface area contributed by atoms with Crippen molar-refractivity contribution >= 4 is 23.0 Å². The van der Waals surface area contributed by atoms with Crippen LogP contribution < -0.4 is 0 Å². The lowest BCUT2D eigenvalue weighted by Crippen LogP contribution is -2.00. The normalized spacial score (nSPS) is 13.0. The van der Waals surface area contributed by atoms with Gasteiger partial charge in [-0.05, 0) is 29.2 Å². The van der Waals surface area contributed by atoms with Crippen LogP contribution in [0.5, 0.6) is 0 Å². The molecule has 19 heavy (non-hydrogen) atoms. The van der Waals surface area contributed by atoms with Gasteiger partial charge in [0.25, 0.3) is 0 Å². The smallest absolute Gasteiger partial charge is 0.167 e. The zero-order valence-corrected chi connectivity index (χ0v) is 11.2. The third-order valence-electron chi connectivity index (χ3n) is 3.44. The van der Waals surface area contributed by atoms with Gasteiger partial charge in [-0.25, -0.2) is 0 Å². The van der Waals surface area contributed by atoms with E-state index in [-0.39, 0.29) is 5.78 Å². The predicted molar refractivity (Wildman–Crippen MR) is 78.5 cm³/mol. The van der Waals surface area contributed by atoms with Gasteiger partial charge < -0.3 is 0 Å². The fourth-order valence-electron chi connectivity index (χ4n) is 2.49. The highest BCUT2D eigenvalue weighted by Crippen LogP contribution is 2.35. The summed E-state index contributed by atoms with van der Waals surface area (Å²) in [5.41, 5.74) is 4.06. The highest BCUT2D eigenvalue weighted by atomic mass is 35.5. The van der Waals surface area contributed by atoms with Crippen LogP contribution in [0.3, 0.4) is 0 Å². The maximum atomic E-state index is 12.2. The van der Waals surface area contributed by atoms with E-state index in [0.29, 0.717) is 6.42 Å². The molecule has 3 rings (SSSR count). The minimum atomic E-state index is 0.139. The lowest BCUT2D eigenvalue weighted by molar-refractivity contribution is 0.0998. The molecule has 0 saturated heterocycles. The fourth-order valence-corrected chi connectivity index (χ4v) is 2.81. The first-order valence-electron chi connectivity index (χ1n) is 6.31. The molecule has 0 radical (unpaired) electrons. The SMILES string of the molecule is O=C(CC1=CCc2cccc(Cl)c21)c1ccccc1. The van der Waals surface area contributed by atoms with Gasteiger partial charge in [0, 0.05) is 17.0 Å². The summed E-state index contributed by atoms with van der Waals surface area (Å²) < 4.78 is 0. The minimum Gasteiger partial charge on any atom is -0.294 e. The molecule has 0 unspecified atom stereocenters. The second kappa shape index (κ2) is 5.02. The van der Waals surface area contributed by atoms with Crippen LogP contribution in [0, 0.1) is 0 Å². The fraction of sp³-hybridized carbons (Fsp3) is 0.118. The molecule has 0 fully saturated rings. The van der Waals surface area contributed by atoms with Gasteiger partial charge in [-0.3, -0.25) is 4.79 Å². The molecule has 0 atom stereocenters. The van der Waals surface area contributed by atoms with Crippen molar-refractivity contribution in [3.05, 3.63) is 76.3 Å². The van der Waals surface area contributed by atoms with E-state index in [4.69, 9.17) is 11.6 Å². The predicted octanol–water partition coefficient (Wildman–Crippen LogP) is 4.55. The topological polar surface area (TPSA) is 17.1 Å². The first kappa shape index (κ1) is 12.2. The minimum absolute atomic E-state index is 0.139. The van der Waals surface area contributed by atoms with Crippen LogP contribution in [0.25, 0.3) is 5.57 Å². The maximum absolute atomic E-state index is 12.2. The van der Waals surface area contributed by atoms with Gasteiger partial charge in [0.2, 0.25) is 0 Å². The molecule has 2 heteroatoms. The molecule has 2 aromatic carbocycles. The summed E-state index contributed by atoms with van der Waals surface area (Å²) in [6.45, 7) is 0. The van der Waals surface area contributed by atoms with Gasteiger partial charge in [0.15, 0.2) is 5.78 Å². The standard InChI is InChI=1S/C17H13ClO/c18-15-8-4-7-13-9-10-14(17(13)15)11-16(19)12-5-2-1-3-6-12/h1-8,10H,9,11H2. The molecular formula is C17H13ClO. The van der Waals surface area contributed by atoms with E-state index in [9.17, 15) is 4.79 Å². The molecule has 0 N–H and O–H groups in total. The van der Waals surface area contributed by atoms with Crippen molar-refractivity contribution in [2.45, 2.75) is 12.8 Å². The maximum Gasteiger partial charge on any atom is 0.167 e. The first-order chi connectivity index (χ1) is 9.25. The Morgan fingerprint density at radius 3 is 2.63 bits per heavy atom. The van der Waals surface area contributed by atoms with Gasteiger partial charge in [0.05, 0.1) is 0 Å². The Hall–Kier alpha value is -1.86. The van der Waals surface area contributed by atoms with Crippen molar-refractivity contribution < 1.29 is 4.79 Å². The van der Waals surface area contributed by atoms with Crippen molar-refractivity contribution in [2.75, 3.05) is 0 Å². The molecule has 1 nitrogen and oxygen atoms in total. The first-order valence-corrected chi connectivity index (χ1v) is 6.68. The van der Waals surface area contributed by atoms with Gasteiger partial charge >= 0.3 is 0 Å². The molecule has 0 bridgehead atoms. The average molecular weight is 269 g/mol. The summed E-state index contributed by atoms with van der Waals surface area (Å²) in [5.74, 6) is 0.139. The number of halogens is 1. The van der Waals surface area contributed by atoms with Crippen molar-refractivity contribution in [2.24, 2.45) is 0 Å². The van der Waals surface area contributed by atoms with Crippen molar-refractivity contribution in [1.29, 1.82) is 0 Å². The second-order valence-corrected chi connectivity index (χ2v) is 5.08. The molecule has 0 aliphatic heterocycles. The largest absolute Gasteiger partial charge is 0.294 e. The zero-order chi connectivity index (χ0) is 13.2. The Kier molecular flexibility index (Phi) is 3.22. The van der Waals surface area contributed by atoms with E-state index >= 15 is 0 Å². The van der Waals surface area contributed by atoms with E-state index in [2.05, 4.69) is 12.1 Å². The van der Waals surface area contributed by atoms with Crippen molar-refractivity contribution in [1.82, 2.24) is 0 Å². The van der Waals surface area contributed by atoms with Gasteiger partial charge in [0.1, 0.15) is 0 Å². The molecule has 0 amide bonds. The quantitative estimate of drug-likeness (QED) is 0.746. The summed E-state index contributed by atoms with van der Waals surface area (Å²) in [5, 5.41) is 0.738.